The molecule has 0 spiro atoms. The molecule has 2 aromatic heterocycles. The number of ether oxygens (including phenoxy) is 1. The van der Waals surface area contributed by atoms with Gasteiger partial charge in [0.15, 0.2) is 16.1 Å². The minimum absolute atomic E-state index is 0.131. The van der Waals surface area contributed by atoms with E-state index in [1.165, 1.54) is 28.7 Å². The summed E-state index contributed by atoms with van der Waals surface area (Å²) in [4.78, 5) is 17.0. The maximum atomic E-state index is 12.5. The van der Waals surface area contributed by atoms with Gasteiger partial charge in [0.1, 0.15) is 12.4 Å². The number of carbonyl (C=O) groups excluding carboxylic acids is 1. The number of hydrogen-bond donors (Lipinski definition) is 1. The molecule has 0 saturated heterocycles. The predicted molar refractivity (Wildman–Crippen MR) is 133 cm³/mol. The Hall–Kier alpha value is -3.17. The van der Waals surface area contributed by atoms with E-state index >= 15 is 0 Å². The van der Waals surface area contributed by atoms with Crippen LogP contribution in [0.5, 0.6) is 5.75 Å². The first-order valence-electron chi connectivity index (χ1n) is 10.6. The Morgan fingerprint density at radius 2 is 1.94 bits per heavy atom. The zero-order valence-corrected chi connectivity index (χ0v) is 20.4. The number of amides is 1. The maximum absolute atomic E-state index is 12.5. The van der Waals surface area contributed by atoms with Crippen LogP contribution in [-0.2, 0) is 17.9 Å². The van der Waals surface area contributed by atoms with Crippen molar-refractivity contribution in [2.45, 2.75) is 39.1 Å². The topological polar surface area (TPSA) is 81.9 Å². The molecule has 170 valence electrons. The molecule has 0 bridgehead atoms. The highest BCUT2D eigenvalue weighted by molar-refractivity contribution is 7.99. The normalized spacial score (nSPS) is 10.9. The van der Waals surface area contributed by atoms with E-state index in [-0.39, 0.29) is 11.7 Å². The van der Waals surface area contributed by atoms with Crippen molar-refractivity contribution in [2.24, 2.45) is 0 Å². The van der Waals surface area contributed by atoms with E-state index in [0.29, 0.717) is 23.4 Å². The standard InChI is InChI=1S/C24H25N5O2S2/c1-4-29-21(13-31-19-7-5-6-17(3)12-19)27-28-24(29)33-15-22(30)26-23-25-20(14-32-23)18-10-8-16(2)9-11-18/h5-12,14H,4,13,15H2,1-3H3,(H,25,26,30). The van der Waals surface area contributed by atoms with Gasteiger partial charge in [-0.25, -0.2) is 4.98 Å². The fourth-order valence-electron chi connectivity index (χ4n) is 3.18. The quantitative estimate of drug-likeness (QED) is 0.326. The van der Waals surface area contributed by atoms with Gasteiger partial charge in [0.2, 0.25) is 5.91 Å². The fourth-order valence-corrected chi connectivity index (χ4v) is 4.73. The molecule has 9 heteroatoms. The highest BCUT2D eigenvalue weighted by Crippen LogP contribution is 2.26. The first kappa shape index (κ1) is 23.0. The summed E-state index contributed by atoms with van der Waals surface area (Å²) in [5.74, 6) is 1.61. The van der Waals surface area contributed by atoms with Gasteiger partial charge in [-0.05, 0) is 38.5 Å². The van der Waals surface area contributed by atoms with Crippen LogP contribution in [0.3, 0.4) is 0 Å². The third kappa shape index (κ3) is 6.00. The molecule has 4 aromatic rings. The lowest BCUT2D eigenvalue weighted by atomic mass is 10.1. The summed E-state index contributed by atoms with van der Waals surface area (Å²) in [5.41, 5.74) is 4.22. The van der Waals surface area contributed by atoms with Gasteiger partial charge in [0.05, 0.1) is 11.4 Å². The van der Waals surface area contributed by atoms with Crippen LogP contribution in [0.25, 0.3) is 11.3 Å². The van der Waals surface area contributed by atoms with Crippen molar-refractivity contribution in [1.29, 1.82) is 0 Å². The Morgan fingerprint density at radius 1 is 1.12 bits per heavy atom. The monoisotopic (exact) mass is 479 g/mol. The summed E-state index contributed by atoms with van der Waals surface area (Å²) in [6.07, 6.45) is 0. The Bertz CT molecular complexity index is 1230. The lowest BCUT2D eigenvalue weighted by molar-refractivity contribution is -0.113. The van der Waals surface area contributed by atoms with Crippen molar-refractivity contribution in [3.63, 3.8) is 0 Å². The van der Waals surface area contributed by atoms with Gasteiger partial charge < -0.3 is 14.6 Å². The zero-order valence-electron chi connectivity index (χ0n) is 18.7. The van der Waals surface area contributed by atoms with E-state index in [1.54, 1.807) is 0 Å². The molecular weight excluding hydrogens is 454 g/mol. The number of aryl methyl sites for hydroxylation is 2. The Labute approximate surface area is 201 Å². The summed E-state index contributed by atoms with van der Waals surface area (Å²) in [5, 5.41) is 14.6. The van der Waals surface area contributed by atoms with Gasteiger partial charge >= 0.3 is 0 Å². The van der Waals surface area contributed by atoms with Crippen LogP contribution in [0.2, 0.25) is 0 Å². The summed E-state index contributed by atoms with van der Waals surface area (Å²) in [7, 11) is 0. The molecule has 0 radical (unpaired) electrons. The molecule has 4 rings (SSSR count). The van der Waals surface area contributed by atoms with E-state index in [1.807, 2.05) is 79.2 Å². The molecular formula is C24H25N5O2S2. The summed E-state index contributed by atoms with van der Waals surface area (Å²) in [6, 6.07) is 16.0. The molecule has 0 saturated carbocycles. The van der Waals surface area contributed by atoms with E-state index in [9.17, 15) is 4.79 Å². The smallest absolute Gasteiger partial charge is 0.236 e. The molecule has 0 aliphatic carbocycles. The Morgan fingerprint density at radius 3 is 2.70 bits per heavy atom. The molecule has 1 amide bonds. The van der Waals surface area contributed by atoms with Gasteiger partial charge in [-0.15, -0.1) is 21.5 Å². The number of thiazole rings is 1. The zero-order chi connectivity index (χ0) is 23.2. The van der Waals surface area contributed by atoms with Crippen molar-refractivity contribution in [1.82, 2.24) is 19.7 Å². The number of thioether (sulfide) groups is 1. The van der Waals surface area contributed by atoms with Crippen LogP contribution in [-0.4, -0.2) is 31.4 Å². The highest BCUT2D eigenvalue weighted by atomic mass is 32.2. The molecule has 0 fully saturated rings. The van der Waals surface area contributed by atoms with Gasteiger partial charge in [-0.1, -0.05) is 53.7 Å². The summed E-state index contributed by atoms with van der Waals surface area (Å²) in [6.45, 7) is 7.10. The minimum Gasteiger partial charge on any atom is -0.486 e. The summed E-state index contributed by atoms with van der Waals surface area (Å²) < 4.78 is 7.82. The van der Waals surface area contributed by atoms with Crippen LogP contribution in [0.15, 0.2) is 59.1 Å². The third-order valence-corrected chi connectivity index (χ3v) is 6.62. The van der Waals surface area contributed by atoms with Gasteiger partial charge in [0.25, 0.3) is 0 Å². The number of benzene rings is 2. The second kappa shape index (κ2) is 10.6. The Kier molecular flexibility index (Phi) is 7.41. The number of nitrogens with one attached hydrogen (secondary N) is 1. The largest absolute Gasteiger partial charge is 0.486 e. The van der Waals surface area contributed by atoms with Crippen molar-refractivity contribution in [3.8, 4) is 17.0 Å². The van der Waals surface area contributed by atoms with Gasteiger partial charge in [-0.3, -0.25) is 4.79 Å². The second-order valence-corrected chi connectivity index (χ2v) is 9.29. The molecule has 33 heavy (non-hydrogen) atoms. The lowest BCUT2D eigenvalue weighted by Gasteiger charge is -2.09. The van der Waals surface area contributed by atoms with E-state index in [4.69, 9.17) is 4.74 Å². The highest BCUT2D eigenvalue weighted by Gasteiger charge is 2.15. The van der Waals surface area contributed by atoms with Gasteiger partial charge in [-0.2, -0.15) is 0 Å². The number of nitrogens with zero attached hydrogens (tertiary/aromatic N) is 4. The van der Waals surface area contributed by atoms with Crippen LogP contribution in [0, 0.1) is 13.8 Å². The van der Waals surface area contributed by atoms with Gasteiger partial charge in [0, 0.05) is 17.5 Å². The number of rotatable bonds is 9. The fraction of sp³-hybridized carbons (Fsp3) is 0.250. The average molecular weight is 480 g/mol. The number of aromatic nitrogens is 4. The summed E-state index contributed by atoms with van der Waals surface area (Å²) >= 11 is 2.76. The number of anilines is 1. The van der Waals surface area contributed by atoms with E-state index < -0.39 is 0 Å². The third-order valence-electron chi connectivity index (χ3n) is 4.90. The Balaban J connectivity index is 1.32. The van der Waals surface area contributed by atoms with E-state index in [0.717, 1.165) is 28.4 Å². The van der Waals surface area contributed by atoms with E-state index in [2.05, 4.69) is 20.5 Å². The molecule has 0 aliphatic heterocycles. The second-order valence-electron chi connectivity index (χ2n) is 7.49. The molecule has 0 unspecified atom stereocenters. The predicted octanol–water partition coefficient (Wildman–Crippen LogP) is 5.35. The molecule has 7 nitrogen and oxygen atoms in total. The minimum atomic E-state index is -0.131. The molecule has 1 N–H and O–H groups in total. The average Bonchev–Trinajstić information content (AvgIpc) is 3.43. The van der Waals surface area contributed by atoms with Crippen LogP contribution in [0.1, 0.15) is 23.9 Å². The lowest BCUT2D eigenvalue weighted by Crippen LogP contribution is -2.14. The number of carbonyl (C=O) groups is 1. The number of hydrogen-bond acceptors (Lipinski definition) is 7. The van der Waals surface area contributed by atoms with Crippen molar-refractivity contribution < 1.29 is 9.53 Å². The van der Waals surface area contributed by atoms with Crippen molar-refractivity contribution in [2.75, 3.05) is 11.1 Å². The van der Waals surface area contributed by atoms with Crippen molar-refractivity contribution >= 4 is 34.1 Å². The SMILES string of the molecule is CCn1c(COc2cccc(C)c2)nnc1SCC(=O)Nc1nc(-c2ccc(C)cc2)cs1. The first-order valence-corrected chi connectivity index (χ1v) is 12.4. The maximum Gasteiger partial charge on any atom is 0.236 e. The van der Waals surface area contributed by atoms with Crippen LogP contribution < -0.4 is 10.1 Å². The van der Waals surface area contributed by atoms with Crippen LogP contribution in [0.4, 0.5) is 5.13 Å². The molecule has 0 atom stereocenters. The molecule has 2 aromatic carbocycles. The molecule has 0 aliphatic rings. The first-order chi connectivity index (χ1) is 16.0. The van der Waals surface area contributed by atoms with Crippen molar-refractivity contribution in [3.05, 3.63) is 70.9 Å². The van der Waals surface area contributed by atoms with Crippen LogP contribution >= 0.6 is 23.1 Å². The molecule has 2 heterocycles.